The Kier molecular flexibility index (Phi) is 7.00. The molecular weight excluding hydrogens is 268 g/mol. The normalized spacial score (nSPS) is 14.0. The molecule has 0 amide bonds. The minimum Gasteiger partial charge on any atom is -0.320 e. The van der Waals surface area contributed by atoms with Gasteiger partial charge in [0.25, 0.3) is 0 Å². The molecule has 0 aliphatic heterocycles. The molecule has 1 rings (SSSR count). The molecule has 1 aromatic carbocycles. The summed E-state index contributed by atoms with van der Waals surface area (Å²) in [5, 5.41) is 0.738. The highest BCUT2D eigenvalue weighted by molar-refractivity contribution is 6.30. The second kappa shape index (κ2) is 8.25. The number of hydrogen-bond acceptors (Lipinski definition) is 2. The maximum absolute atomic E-state index is 6.69. The summed E-state index contributed by atoms with van der Waals surface area (Å²) in [6.45, 7) is 12.2. The van der Waals surface area contributed by atoms with Crippen molar-refractivity contribution in [2.75, 3.05) is 19.6 Å². The molecule has 2 N–H and O–H groups in total. The van der Waals surface area contributed by atoms with Gasteiger partial charge in [-0.3, -0.25) is 4.90 Å². The second-order valence-corrected chi connectivity index (χ2v) is 5.62. The van der Waals surface area contributed by atoms with Gasteiger partial charge in [0.05, 0.1) is 5.54 Å². The maximum Gasteiger partial charge on any atom is 0.0538 e. The van der Waals surface area contributed by atoms with Gasteiger partial charge in [0.1, 0.15) is 0 Å². The average molecular weight is 293 g/mol. The van der Waals surface area contributed by atoms with Crippen LogP contribution in [0.1, 0.15) is 25.3 Å². The van der Waals surface area contributed by atoms with Crippen molar-refractivity contribution in [2.24, 2.45) is 5.73 Å². The molecule has 0 aliphatic rings. The number of nitrogens with two attached hydrogens (primary N) is 1. The second-order valence-electron chi connectivity index (χ2n) is 5.18. The fourth-order valence-electron chi connectivity index (χ4n) is 2.51. The van der Waals surface area contributed by atoms with Crippen molar-refractivity contribution < 1.29 is 0 Å². The van der Waals surface area contributed by atoms with E-state index in [1.54, 1.807) is 0 Å². The van der Waals surface area contributed by atoms with Crippen molar-refractivity contribution in [2.45, 2.75) is 25.3 Å². The SMILES string of the molecule is C=CCN(CC=C)CC(N)(CCC)c1ccc(Cl)cc1. The Bertz CT molecular complexity index is 417. The Labute approximate surface area is 127 Å². The van der Waals surface area contributed by atoms with Crippen molar-refractivity contribution in [3.05, 3.63) is 60.2 Å². The van der Waals surface area contributed by atoms with Crippen LogP contribution >= 0.6 is 11.6 Å². The Hall–Kier alpha value is -1.09. The Morgan fingerprint density at radius 3 is 2.20 bits per heavy atom. The van der Waals surface area contributed by atoms with Gasteiger partial charge in [0, 0.05) is 24.7 Å². The minimum absolute atomic E-state index is 0.370. The van der Waals surface area contributed by atoms with E-state index in [1.807, 2.05) is 36.4 Å². The van der Waals surface area contributed by atoms with Crippen LogP contribution in [0.2, 0.25) is 5.02 Å². The molecule has 3 heteroatoms. The zero-order valence-corrected chi connectivity index (χ0v) is 13.1. The molecule has 0 radical (unpaired) electrons. The summed E-state index contributed by atoms with van der Waals surface area (Å²) in [5.74, 6) is 0. The standard InChI is InChI=1S/C17H25ClN2/c1-4-11-17(19,14-20(12-5-2)13-6-3)15-7-9-16(18)10-8-15/h5-10H,2-4,11-14,19H2,1H3. The predicted molar refractivity (Wildman–Crippen MR) is 89.1 cm³/mol. The molecule has 1 aromatic rings. The van der Waals surface area contributed by atoms with Crippen molar-refractivity contribution in [3.63, 3.8) is 0 Å². The van der Waals surface area contributed by atoms with Crippen LogP contribution in [-0.4, -0.2) is 24.5 Å². The molecule has 0 saturated heterocycles. The fraction of sp³-hybridized carbons (Fsp3) is 0.412. The van der Waals surface area contributed by atoms with Gasteiger partial charge in [0.15, 0.2) is 0 Å². The van der Waals surface area contributed by atoms with Gasteiger partial charge >= 0.3 is 0 Å². The molecule has 0 bridgehead atoms. The highest BCUT2D eigenvalue weighted by Crippen LogP contribution is 2.26. The first-order valence-electron chi connectivity index (χ1n) is 7.04. The summed E-state index contributed by atoms with van der Waals surface area (Å²) in [4.78, 5) is 2.25. The molecule has 0 spiro atoms. The average Bonchev–Trinajstić information content (AvgIpc) is 2.40. The first kappa shape index (κ1) is 17.0. The van der Waals surface area contributed by atoms with Crippen LogP contribution in [-0.2, 0) is 5.54 Å². The fourth-order valence-corrected chi connectivity index (χ4v) is 2.64. The number of nitrogens with zero attached hydrogens (tertiary/aromatic N) is 1. The van der Waals surface area contributed by atoms with Crippen LogP contribution < -0.4 is 5.73 Å². The Morgan fingerprint density at radius 2 is 1.75 bits per heavy atom. The molecule has 0 saturated carbocycles. The van der Waals surface area contributed by atoms with Gasteiger partial charge in [-0.05, 0) is 24.1 Å². The van der Waals surface area contributed by atoms with Gasteiger partial charge in [-0.25, -0.2) is 0 Å². The van der Waals surface area contributed by atoms with E-state index in [4.69, 9.17) is 17.3 Å². The lowest BCUT2D eigenvalue weighted by Crippen LogP contribution is -2.47. The van der Waals surface area contributed by atoms with Crippen LogP contribution in [0, 0.1) is 0 Å². The third-order valence-electron chi connectivity index (χ3n) is 3.40. The third-order valence-corrected chi connectivity index (χ3v) is 3.65. The number of halogens is 1. The lowest BCUT2D eigenvalue weighted by Gasteiger charge is -2.35. The first-order chi connectivity index (χ1) is 9.55. The largest absolute Gasteiger partial charge is 0.320 e. The first-order valence-corrected chi connectivity index (χ1v) is 7.42. The summed E-state index contributed by atoms with van der Waals surface area (Å²) in [6.07, 6.45) is 5.77. The highest BCUT2D eigenvalue weighted by atomic mass is 35.5. The van der Waals surface area contributed by atoms with Crippen LogP contribution in [0.25, 0.3) is 0 Å². The molecule has 0 heterocycles. The van der Waals surface area contributed by atoms with Gasteiger partial charge in [-0.1, -0.05) is 49.2 Å². The monoisotopic (exact) mass is 292 g/mol. The van der Waals surface area contributed by atoms with E-state index in [0.717, 1.165) is 43.1 Å². The Balaban J connectivity index is 2.97. The summed E-state index contributed by atoms with van der Waals surface area (Å²) in [6, 6.07) is 7.86. The predicted octanol–water partition coefficient (Wildman–Crippen LogP) is 3.97. The summed E-state index contributed by atoms with van der Waals surface area (Å²) in [5.41, 5.74) is 7.45. The van der Waals surface area contributed by atoms with E-state index in [1.165, 1.54) is 0 Å². The number of rotatable bonds is 9. The topological polar surface area (TPSA) is 29.3 Å². The van der Waals surface area contributed by atoms with E-state index >= 15 is 0 Å². The highest BCUT2D eigenvalue weighted by Gasteiger charge is 2.28. The van der Waals surface area contributed by atoms with Crippen molar-refractivity contribution >= 4 is 11.6 Å². The molecule has 1 atom stereocenters. The molecule has 20 heavy (non-hydrogen) atoms. The zero-order valence-electron chi connectivity index (χ0n) is 12.3. The summed E-state index contributed by atoms with van der Waals surface area (Å²) < 4.78 is 0. The minimum atomic E-state index is -0.370. The molecule has 0 fully saturated rings. The molecule has 2 nitrogen and oxygen atoms in total. The van der Waals surface area contributed by atoms with E-state index in [0.29, 0.717) is 0 Å². The third kappa shape index (κ3) is 4.78. The van der Waals surface area contributed by atoms with Crippen LogP contribution in [0.5, 0.6) is 0 Å². The number of hydrogen-bond donors (Lipinski definition) is 1. The quantitative estimate of drug-likeness (QED) is 0.698. The van der Waals surface area contributed by atoms with E-state index in [-0.39, 0.29) is 5.54 Å². The lowest BCUT2D eigenvalue weighted by molar-refractivity contribution is 0.233. The molecule has 1 unspecified atom stereocenters. The van der Waals surface area contributed by atoms with Gasteiger partial charge in [0.2, 0.25) is 0 Å². The number of benzene rings is 1. The maximum atomic E-state index is 6.69. The van der Waals surface area contributed by atoms with Crippen molar-refractivity contribution in [3.8, 4) is 0 Å². The zero-order chi connectivity index (χ0) is 15.0. The van der Waals surface area contributed by atoms with Gasteiger partial charge in [-0.15, -0.1) is 13.2 Å². The van der Waals surface area contributed by atoms with E-state index in [9.17, 15) is 0 Å². The molecule has 0 aromatic heterocycles. The van der Waals surface area contributed by atoms with Gasteiger partial charge < -0.3 is 5.73 Å². The Morgan fingerprint density at radius 1 is 1.20 bits per heavy atom. The van der Waals surface area contributed by atoms with Crippen molar-refractivity contribution in [1.29, 1.82) is 0 Å². The van der Waals surface area contributed by atoms with Crippen molar-refractivity contribution in [1.82, 2.24) is 4.90 Å². The smallest absolute Gasteiger partial charge is 0.0538 e. The lowest BCUT2D eigenvalue weighted by atomic mass is 9.86. The van der Waals surface area contributed by atoms with Crippen LogP contribution in [0.4, 0.5) is 0 Å². The van der Waals surface area contributed by atoms with E-state index < -0.39 is 0 Å². The van der Waals surface area contributed by atoms with Crippen LogP contribution in [0.3, 0.4) is 0 Å². The van der Waals surface area contributed by atoms with Gasteiger partial charge in [-0.2, -0.15) is 0 Å². The van der Waals surface area contributed by atoms with Crippen LogP contribution in [0.15, 0.2) is 49.6 Å². The summed E-state index contributed by atoms with van der Waals surface area (Å²) >= 11 is 5.97. The van der Waals surface area contributed by atoms with E-state index in [2.05, 4.69) is 25.0 Å². The molecule has 0 aliphatic carbocycles. The molecular formula is C17H25ClN2. The summed E-state index contributed by atoms with van der Waals surface area (Å²) in [7, 11) is 0. The molecule has 110 valence electrons.